The molecule has 0 saturated carbocycles. The Bertz CT molecular complexity index is 1340. The maximum absolute atomic E-state index is 13.3. The summed E-state index contributed by atoms with van der Waals surface area (Å²) in [5, 5.41) is 140. The van der Waals surface area contributed by atoms with Crippen molar-refractivity contribution in [2.24, 2.45) is 5.92 Å². The van der Waals surface area contributed by atoms with Gasteiger partial charge < -0.3 is 75.9 Å². The first kappa shape index (κ1) is 30.8. The van der Waals surface area contributed by atoms with Crippen LogP contribution in [0.15, 0.2) is 30.3 Å². The molecule has 1 fully saturated rings. The van der Waals surface area contributed by atoms with E-state index in [0.717, 1.165) is 38.5 Å². The average Bonchev–Trinajstić information content (AvgIpc) is 3.20. The van der Waals surface area contributed by atoms with Crippen LogP contribution in [0.25, 0.3) is 0 Å². The average molecular weight is 587 g/mol. The fourth-order valence-electron chi connectivity index (χ4n) is 5.47. The molecule has 1 aliphatic heterocycles. The number of aliphatic hydroxyl groups is 11. The topological polar surface area (TPSA) is 302 Å². The van der Waals surface area contributed by atoms with Gasteiger partial charge in [0.2, 0.25) is 11.5 Å². The molecule has 2 aromatic carbocycles. The number of hydrogen-bond donors (Lipinski definition) is 13. The van der Waals surface area contributed by atoms with Crippen molar-refractivity contribution in [3.8, 4) is 23.0 Å². The Morgan fingerprint density at radius 3 is 1.76 bits per heavy atom. The smallest absolute Gasteiger partial charge is 0.294 e. The predicted molar refractivity (Wildman–Crippen MR) is 127 cm³/mol. The number of phenolic OH excluding ortho intramolecular Hbond substituents is 2. The van der Waals surface area contributed by atoms with Gasteiger partial charge in [-0.15, -0.1) is 4.90 Å². The zero-order valence-corrected chi connectivity index (χ0v) is 21.4. The van der Waals surface area contributed by atoms with E-state index in [2.05, 4.69) is 0 Å². The van der Waals surface area contributed by atoms with Crippen molar-refractivity contribution in [1.82, 2.24) is 4.90 Å². The lowest BCUT2D eigenvalue weighted by Crippen LogP contribution is -2.95. The number of benzene rings is 2. The van der Waals surface area contributed by atoms with Crippen LogP contribution in [0.1, 0.15) is 27.9 Å². The van der Waals surface area contributed by atoms with E-state index in [9.17, 15) is 71.2 Å². The van der Waals surface area contributed by atoms with Gasteiger partial charge in [0.15, 0.2) is 22.9 Å². The molecule has 41 heavy (non-hydrogen) atoms. The second-order valence-electron chi connectivity index (χ2n) is 9.90. The molecule has 0 bridgehead atoms. The van der Waals surface area contributed by atoms with E-state index in [1.165, 1.54) is 6.07 Å². The van der Waals surface area contributed by atoms with Gasteiger partial charge in [-0.25, -0.2) is 0 Å². The summed E-state index contributed by atoms with van der Waals surface area (Å²) in [5.41, 5.74) is -6.04. The quantitative estimate of drug-likeness (QED) is 0.112. The summed E-state index contributed by atoms with van der Waals surface area (Å²) in [6.07, 6.45) is -2.33. The van der Waals surface area contributed by atoms with Gasteiger partial charge >= 0.3 is 0 Å². The van der Waals surface area contributed by atoms with Gasteiger partial charge in [0.05, 0.1) is 19.8 Å². The molecule has 0 aromatic heterocycles. The minimum Gasteiger partial charge on any atom is -0.504 e. The molecular formula is C24H29NO16. The summed E-state index contributed by atoms with van der Waals surface area (Å²) in [4.78, 5) is 12.1. The fraction of sp³-hybridized carbons (Fsp3) is 0.458. The first-order chi connectivity index (χ1) is 18.7. The van der Waals surface area contributed by atoms with Crippen molar-refractivity contribution in [2.75, 3.05) is 14.2 Å². The molecule has 17 heteroatoms. The zero-order valence-electron chi connectivity index (χ0n) is 21.4. The van der Waals surface area contributed by atoms with E-state index in [1.807, 2.05) is 0 Å². The standard InChI is InChI=1S/C24H29NO16/c1-40-17-15(27)12-8-10(14(26)13(12)16(28)18(17)41-2)9-19(29)21(32,33)23(36,37)25(24(38,39)22(19,34)35)20(30,31)11-6-4-3-5-7-11/h3-7,10,27-39H,8-9H2,1-2H3. The molecule has 0 radical (unpaired) electrons. The lowest BCUT2D eigenvalue weighted by molar-refractivity contribution is -0.629. The molecule has 2 aliphatic rings. The number of carbonyl (C=O) groups excluding carboxylic acids is 1. The first-order valence-electron chi connectivity index (χ1n) is 11.7. The molecule has 226 valence electrons. The molecule has 1 unspecified atom stereocenters. The largest absolute Gasteiger partial charge is 0.504 e. The normalized spacial score (nSPS) is 24.1. The Kier molecular flexibility index (Phi) is 6.88. The van der Waals surface area contributed by atoms with E-state index in [1.54, 1.807) is 0 Å². The van der Waals surface area contributed by atoms with E-state index >= 15 is 0 Å². The molecule has 1 atom stereocenters. The molecule has 0 spiro atoms. The lowest BCUT2D eigenvalue weighted by Gasteiger charge is -2.64. The summed E-state index contributed by atoms with van der Waals surface area (Å²) in [6, 6.07) is 5.45. The maximum Gasteiger partial charge on any atom is 0.294 e. The van der Waals surface area contributed by atoms with Crippen LogP contribution in [0, 0.1) is 5.92 Å². The summed E-state index contributed by atoms with van der Waals surface area (Å²) < 4.78 is 9.92. The van der Waals surface area contributed by atoms with E-state index in [4.69, 9.17) is 9.47 Å². The van der Waals surface area contributed by atoms with Gasteiger partial charge in [-0.1, -0.05) is 30.3 Å². The van der Waals surface area contributed by atoms with Gasteiger partial charge in [0, 0.05) is 17.0 Å². The summed E-state index contributed by atoms with van der Waals surface area (Å²) >= 11 is 0. The lowest BCUT2D eigenvalue weighted by atomic mass is 9.69. The first-order valence-corrected chi connectivity index (χ1v) is 11.7. The minimum absolute atomic E-state index is 0.327. The molecule has 17 nitrogen and oxygen atoms in total. The highest BCUT2D eigenvalue weighted by Crippen LogP contribution is 2.58. The number of rotatable bonds is 6. The summed E-state index contributed by atoms with van der Waals surface area (Å²) in [5.74, 6) is -28.5. The molecule has 1 saturated heterocycles. The fourth-order valence-corrected chi connectivity index (χ4v) is 5.47. The molecule has 1 aliphatic carbocycles. The highest BCUT2D eigenvalue weighted by Gasteiger charge is 2.87. The number of Topliss-reactive ketones (excluding diaryl/α,β-unsaturated/α-hetero) is 1. The van der Waals surface area contributed by atoms with Crippen molar-refractivity contribution in [1.29, 1.82) is 0 Å². The maximum atomic E-state index is 13.3. The van der Waals surface area contributed by atoms with Crippen LogP contribution in [0.3, 0.4) is 0 Å². The van der Waals surface area contributed by atoms with Gasteiger partial charge in [-0.05, 0) is 12.8 Å². The van der Waals surface area contributed by atoms with Gasteiger partial charge in [0.1, 0.15) is 0 Å². The van der Waals surface area contributed by atoms with Crippen molar-refractivity contribution >= 4 is 5.78 Å². The Morgan fingerprint density at radius 2 is 1.29 bits per heavy atom. The van der Waals surface area contributed by atoms with Crippen molar-refractivity contribution < 1.29 is 80.7 Å². The van der Waals surface area contributed by atoms with Crippen molar-refractivity contribution in [2.45, 2.75) is 47.8 Å². The Morgan fingerprint density at radius 1 is 0.829 bits per heavy atom. The number of ether oxygens (including phenoxy) is 2. The molecule has 2 aromatic rings. The SMILES string of the molecule is COc1c(O)c2c(c(O)c1OC)C(=O)C(CC1(O)C(O)(O)C(O)(O)N(C(O)(O)c3ccccc3)C(O)(O)C1(O)O)C2. The third-order valence-corrected chi connectivity index (χ3v) is 7.66. The second kappa shape index (κ2) is 9.16. The number of likely N-dealkylation sites (tertiary alicyclic amines) is 1. The number of piperidine rings is 1. The van der Waals surface area contributed by atoms with Gasteiger partial charge in [0.25, 0.3) is 29.3 Å². The van der Waals surface area contributed by atoms with E-state index in [-0.39, 0.29) is 5.56 Å². The van der Waals surface area contributed by atoms with E-state index in [0.29, 0.717) is 0 Å². The molecule has 0 amide bonds. The number of phenols is 2. The highest BCUT2D eigenvalue weighted by atomic mass is 16.7. The summed E-state index contributed by atoms with van der Waals surface area (Å²) in [7, 11) is 2.16. The minimum atomic E-state index is -4.75. The van der Waals surface area contributed by atoms with Crippen LogP contribution in [0.4, 0.5) is 0 Å². The Balaban J connectivity index is 1.85. The molecule has 1 heterocycles. The van der Waals surface area contributed by atoms with Crippen LogP contribution in [-0.2, 0) is 12.3 Å². The Hall–Kier alpha value is -3.17. The zero-order chi connectivity index (χ0) is 31.1. The third-order valence-electron chi connectivity index (χ3n) is 7.66. The van der Waals surface area contributed by atoms with Gasteiger partial charge in [-0.3, -0.25) is 4.79 Å². The number of hydrogen-bond acceptors (Lipinski definition) is 17. The number of carbonyl (C=O) groups is 1. The number of ketones is 1. The van der Waals surface area contributed by atoms with Crippen LogP contribution >= 0.6 is 0 Å². The summed E-state index contributed by atoms with van der Waals surface area (Å²) in [6.45, 7) is 0. The second-order valence-corrected chi connectivity index (χ2v) is 9.90. The number of fused-ring (bicyclic) bond motifs is 1. The molecular weight excluding hydrogens is 558 g/mol. The van der Waals surface area contributed by atoms with Crippen molar-refractivity contribution in [3.63, 3.8) is 0 Å². The predicted octanol–water partition coefficient (Wildman–Crippen LogP) is -4.66. The van der Waals surface area contributed by atoms with Crippen LogP contribution in [0.5, 0.6) is 23.0 Å². The number of nitrogens with zero attached hydrogens (tertiary/aromatic N) is 1. The van der Waals surface area contributed by atoms with Crippen LogP contribution in [-0.4, -0.2) is 120 Å². The molecule has 13 N–H and O–H groups in total. The van der Waals surface area contributed by atoms with Crippen LogP contribution < -0.4 is 9.47 Å². The molecule has 4 rings (SSSR count). The monoisotopic (exact) mass is 587 g/mol. The Labute approximate surface area is 229 Å². The van der Waals surface area contributed by atoms with Gasteiger partial charge in [-0.2, -0.15) is 0 Å². The van der Waals surface area contributed by atoms with E-state index < -0.39 is 98.5 Å². The number of methoxy groups -OCH3 is 2. The van der Waals surface area contributed by atoms with Crippen molar-refractivity contribution in [3.05, 3.63) is 47.0 Å². The number of aromatic hydroxyl groups is 2. The third kappa shape index (κ3) is 3.70. The van der Waals surface area contributed by atoms with Crippen LogP contribution in [0.2, 0.25) is 0 Å². The highest BCUT2D eigenvalue weighted by molar-refractivity contribution is 6.06.